The van der Waals surface area contributed by atoms with E-state index < -0.39 is 16.1 Å². The molecule has 1 atom stereocenters. The minimum absolute atomic E-state index is 0.00778. The second kappa shape index (κ2) is 9.14. The number of nitrogens with zero attached hydrogens (tertiary/aromatic N) is 3. The maximum atomic E-state index is 13.3. The van der Waals surface area contributed by atoms with Crippen LogP contribution in [-0.2, 0) is 14.8 Å². The number of amides is 1. The predicted octanol–water partition coefficient (Wildman–Crippen LogP) is 4.54. The van der Waals surface area contributed by atoms with E-state index in [1.807, 2.05) is 25.1 Å². The normalized spacial score (nSPS) is 20.5. The molecule has 2 saturated heterocycles. The first kappa shape index (κ1) is 23.0. The molecule has 7 nitrogen and oxygen atoms in total. The van der Waals surface area contributed by atoms with Gasteiger partial charge in [-0.2, -0.15) is 4.31 Å². The molecule has 2 fully saturated rings. The summed E-state index contributed by atoms with van der Waals surface area (Å²) in [7, 11) is -3.73. The largest absolute Gasteiger partial charge is 0.467 e. The number of aryl methyl sites for hydroxylation is 1. The van der Waals surface area contributed by atoms with Gasteiger partial charge in [0.25, 0.3) is 15.2 Å². The first-order valence-electron chi connectivity index (χ1n) is 10.9. The number of carbonyl (C=O) groups is 1. The van der Waals surface area contributed by atoms with Crippen LogP contribution in [0.5, 0.6) is 5.19 Å². The summed E-state index contributed by atoms with van der Waals surface area (Å²) in [5, 5.41) is 0.659. The molecule has 0 bridgehead atoms. The third-order valence-electron chi connectivity index (χ3n) is 6.22. The van der Waals surface area contributed by atoms with E-state index in [0.29, 0.717) is 54.8 Å². The summed E-state index contributed by atoms with van der Waals surface area (Å²) in [5.74, 6) is -0.118. The van der Waals surface area contributed by atoms with Crippen molar-refractivity contribution >= 4 is 60.4 Å². The van der Waals surface area contributed by atoms with Crippen LogP contribution in [0, 0.1) is 6.92 Å². The Kier molecular flexibility index (Phi) is 6.39. The first-order chi connectivity index (χ1) is 15.8. The van der Waals surface area contributed by atoms with E-state index in [2.05, 4.69) is 4.98 Å². The molecule has 0 aliphatic carbocycles. The van der Waals surface area contributed by atoms with Gasteiger partial charge >= 0.3 is 0 Å². The number of rotatable bonds is 5. The number of fused-ring (bicyclic) bond motifs is 1. The van der Waals surface area contributed by atoms with Crippen LogP contribution in [0.15, 0.2) is 34.5 Å². The number of likely N-dealkylation sites (tertiary alicyclic amines) is 1. The molecule has 0 saturated carbocycles. The van der Waals surface area contributed by atoms with Gasteiger partial charge < -0.3 is 9.64 Å². The molecule has 1 aromatic carbocycles. The Hall–Kier alpha value is -1.72. The highest BCUT2D eigenvalue weighted by molar-refractivity contribution is 7.91. The highest BCUT2D eigenvalue weighted by Crippen LogP contribution is 2.34. The van der Waals surface area contributed by atoms with E-state index in [1.54, 1.807) is 11.0 Å². The topological polar surface area (TPSA) is 79.8 Å². The zero-order chi connectivity index (χ0) is 23.2. The molecular formula is C22H24ClN3O4S3. The third-order valence-corrected chi connectivity index (χ3v) is 10.7. The van der Waals surface area contributed by atoms with Crippen molar-refractivity contribution < 1.29 is 17.9 Å². The van der Waals surface area contributed by atoms with E-state index in [-0.39, 0.29) is 16.2 Å². The van der Waals surface area contributed by atoms with Gasteiger partial charge in [0.2, 0.25) is 5.91 Å². The molecule has 3 aromatic rings. The molecule has 11 heteroatoms. The van der Waals surface area contributed by atoms with Crippen molar-refractivity contribution in [2.24, 2.45) is 0 Å². The number of thiazole rings is 1. The number of para-hydroxylation sites is 1. The zero-order valence-corrected chi connectivity index (χ0v) is 21.3. The Labute approximate surface area is 206 Å². The average molecular weight is 526 g/mol. The number of ether oxygens (including phenoxy) is 1. The number of halogens is 1. The van der Waals surface area contributed by atoms with Crippen LogP contribution in [0.2, 0.25) is 4.34 Å². The summed E-state index contributed by atoms with van der Waals surface area (Å²) in [6.07, 6.45) is 2.59. The molecule has 2 aromatic heterocycles. The Bertz CT molecular complexity index is 1280. The van der Waals surface area contributed by atoms with E-state index in [9.17, 15) is 13.2 Å². The lowest BCUT2D eigenvalue weighted by Gasteiger charge is -2.34. The first-order valence-corrected chi connectivity index (χ1v) is 14.4. The van der Waals surface area contributed by atoms with Gasteiger partial charge in [-0.25, -0.2) is 13.4 Å². The lowest BCUT2D eigenvalue weighted by Crippen LogP contribution is -2.50. The third kappa shape index (κ3) is 4.51. The molecule has 4 heterocycles. The molecular weight excluding hydrogens is 502 g/mol. The van der Waals surface area contributed by atoms with Crippen molar-refractivity contribution in [2.45, 2.75) is 49.0 Å². The number of benzene rings is 1. The zero-order valence-electron chi connectivity index (χ0n) is 18.1. The van der Waals surface area contributed by atoms with E-state index >= 15 is 0 Å². The second-order valence-electron chi connectivity index (χ2n) is 8.38. The van der Waals surface area contributed by atoms with Crippen LogP contribution < -0.4 is 4.74 Å². The summed E-state index contributed by atoms with van der Waals surface area (Å²) in [4.78, 5) is 19.7. The van der Waals surface area contributed by atoms with Crippen LogP contribution >= 0.6 is 34.3 Å². The number of thiophene rings is 1. The van der Waals surface area contributed by atoms with Crippen molar-refractivity contribution in [3.05, 3.63) is 40.2 Å². The smallest absolute Gasteiger partial charge is 0.274 e. The van der Waals surface area contributed by atoms with Crippen LogP contribution in [0.3, 0.4) is 0 Å². The van der Waals surface area contributed by atoms with Gasteiger partial charge in [0, 0.05) is 32.5 Å². The maximum Gasteiger partial charge on any atom is 0.274 e. The van der Waals surface area contributed by atoms with Crippen molar-refractivity contribution in [1.82, 2.24) is 14.2 Å². The number of piperidine rings is 1. The van der Waals surface area contributed by atoms with Crippen molar-refractivity contribution in [3.8, 4) is 5.19 Å². The molecule has 0 N–H and O–H groups in total. The van der Waals surface area contributed by atoms with Gasteiger partial charge in [-0.05, 0) is 43.5 Å². The minimum Gasteiger partial charge on any atom is -0.467 e. The summed E-state index contributed by atoms with van der Waals surface area (Å²) in [6, 6.07) is 8.52. The highest BCUT2D eigenvalue weighted by atomic mass is 35.5. The standard InChI is InChI=1S/C22H24ClN3O4S3/c1-14-4-2-6-17-20(14)24-22(31-17)30-15-9-12-25(13-10-15)21(27)16-5-3-11-26(16)33(28,29)19-8-7-18(23)32-19/h2,4,6-8,15-16H,3,5,9-13H2,1H3. The second-order valence-corrected chi connectivity index (χ2v) is 13.2. The molecule has 0 spiro atoms. The fraction of sp³-hybridized carbons (Fsp3) is 0.455. The number of aromatic nitrogens is 1. The number of hydrogen-bond acceptors (Lipinski definition) is 7. The average Bonchev–Trinajstić information content (AvgIpc) is 3.53. The fourth-order valence-electron chi connectivity index (χ4n) is 4.49. The van der Waals surface area contributed by atoms with E-state index in [4.69, 9.17) is 16.3 Å². The van der Waals surface area contributed by atoms with Gasteiger partial charge in [-0.1, -0.05) is 35.1 Å². The monoisotopic (exact) mass is 525 g/mol. The molecule has 5 rings (SSSR count). The molecule has 1 amide bonds. The summed E-state index contributed by atoms with van der Waals surface area (Å²) < 4.78 is 35.4. The highest BCUT2D eigenvalue weighted by Gasteiger charge is 2.42. The summed E-state index contributed by atoms with van der Waals surface area (Å²) >= 11 is 8.50. The van der Waals surface area contributed by atoms with Gasteiger partial charge in [0.05, 0.1) is 14.6 Å². The van der Waals surface area contributed by atoms with Crippen LogP contribution in [0.4, 0.5) is 0 Å². The minimum atomic E-state index is -3.73. The van der Waals surface area contributed by atoms with Crippen LogP contribution in [0.1, 0.15) is 31.2 Å². The summed E-state index contributed by atoms with van der Waals surface area (Å²) in [5.41, 5.74) is 2.10. The van der Waals surface area contributed by atoms with Crippen molar-refractivity contribution in [3.63, 3.8) is 0 Å². The summed E-state index contributed by atoms with van der Waals surface area (Å²) in [6.45, 7) is 3.48. The van der Waals surface area contributed by atoms with Gasteiger partial charge in [-0.15, -0.1) is 11.3 Å². The fourth-order valence-corrected chi connectivity index (χ4v) is 8.71. The molecule has 176 valence electrons. The van der Waals surface area contributed by atoms with Gasteiger partial charge in [0.15, 0.2) is 0 Å². The van der Waals surface area contributed by atoms with Crippen molar-refractivity contribution in [2.75, 3.05) is 19.6 Å². The maximum absolute atomic E-state index is 13.3. The predicted molar refractivity (Wildman–Crippen MR) is 131 cm³/mol. The Morgan fingerprint density at radius 2 is 1.91 bits per heavy atom. The SMILES string of the molecule is Cc1cccc2sc(OC3CCN(C(=O)C4CCCN4S(=O)(=O)c4ccc(Cl)s4)CC3)nc12. The van der Waals surface area contributed by atoms with Crippen LogP contribution in [-0.4, -0.2) is 60.3 Å². The molecule has 0 radical (unpaired) electrons. The number of sulfonamides is 1. The Balaban J connectivity index is 1.22. The van der Waals surface area contributed by atoms with Gasteiger partial charge in [0.1, 0.15) is 16.4 Å². The van der Waals surface area contributed by atoms with E-state index in [1.165, 1.54) is 21.7 Å². The Morgan fingerprint density at radius 1 is 1.12 bits per heavy atom. The molecule has 33 heavy (non-hydrogen) atoms. The number of carbonyl (C=O) groups excluding carboxylic acids is 1. The van der Waals surface area contributed by atoms with Gasteiger partial charge in [-0.3, -0.25) is 4.79 Å². The lowest BCUT2D eigenvalue weighted by atomic mass is 10.1. The number of hydrogen-bond donors (Lipinski definition) is 0. The Morgan fingerprint density at radius 3 is 2.61 bits per heavy atom. The molecule has 2 aliphatic heterocycles. The van der Waals surface area contributed by atoms with Crippen LogP contribution in [0.25, 0.3) is 10.2 Å². The lowest BCUT2D eigenvalue weighted by molar-refractivity contribution is -0.136. The molecule has 2 aliphatic rings. The van der Waals surface area contributed by atoms with Crippen molar-refractivity contribution in [1.29, 1.82) is 0 Å². The molecule has 1 unspecified atom stereocenters. The quantitative estimate of drug-likeness (QED) is 0.488. The van der Waals surface area contributed by atoms with E-state index in [0.717, 1.165) is 27.1 Å².